The van der Waals surface area contributed by atoms with E-state index >= 15 is 0 Å². The van der Waals surface area contributed by atoms with Crippen molar-refractivity contribution in [3.8, 4) is 0 Å². The van der Waals surface area contributed by atoms with Gasteiger partial charge in [-0.15, -0.1) is 0 Å². The molecule has 1 aliphatic carbocycles. The van der Waals surface area contributed by atoms with Gasteiger partial charge in [-0.3, -0.25) is 9.59 Å². The molecule has 1 amide bonds. The van der Waals surface area contributed by atoms with Crippen LogP contribution >= 0.6 is 0 Å². The molecule has 1 saturated carbocycles. The monoisotopic (exact) mass is 227 g/mol. The van der Waals surface area contributed by atoms with Crippen molar-refractivity contribution in [2.75, 3.05) is 26.3 Å². The molecule has 2 rings (SSSR count). The average molecular weight is 227 g/mol. The fraction of sp³-hybridized carbons (Fsp3) is 0.818. The molecule has 16 heavy (non-hydrogen) atoms. The van der Waals surface area contributed by atoms with E-state index < -0.39 is 17.3 Å². The third-order valence-corrected chi connectivity index (χ3v) is 3.68. The van der Waals surface area contributed by atoms with E-state index in [1.807, 2.05) is 13.8 Å². The minimum absolute atomic E-state index is 0.0271. The van der Waals surface area contributed by atoms with Crippen molar-refractivity contribution < 1.29 is 19.4 Å². The quantitative estimate of drug-likeness (QED) is 0.732. The zero-order valence-electron chi connectivity index (χ0n) is 9.60. The highest BCUT2D eigenvalue weighted by atomic mass is 16.5. The molecule has 0 radical (unpaired) electrons. The van der Waals surface area contributed by atoms with Crippen molar-refractivity contribution in [1.29, 1.82) is 0 Å². The molecule has 90 valence electrons. The summed E-state index contributed by atoms with van der Waals surface area (Å²) in [4.78, 5) is 24.8. The van der Waals surface area contributed by atoms with Crippen molar-refractivity contribution in [2.24, 2.45) is 17.3 Å². The van der Waals surface area contributed by atoms with Crippen LogP contribution in [0.2, 0.25) is 0 Å². The predicted octanol–water partition coefficient (Wildman–Crippen LogP) is 0.202. The van der Waals surface area contributed by atoms with Crippen LogP contribution in [0, 0.1) is 17.3 Å². The molecule has 2 atom stereocenters. The summed E-state index contributed by atoms with van der Waals surface area (Å²) in [5.74, 6) is -1.77. The van der Waals surface area contributed by atoms with Crippen LogP contribution in [-0.4, -0.2) is 48.2 Å². The maximum absolute atomic E-state index is 12.1. The molecule has 5 heteroatoms. The summed E-state index contributed by atoms with van der Waals surface area (Å²) < 4.78 is 5.17. The van der Waals surface area contributed by atoms with E-state index in [4.69, 9.17) is 9.84 Å². The molecule has 2 aliphatic rings. The normalized spacial score (nSPS) is 32.2. The number of carbonyl (C=O) groups is 2. The van der Waals surface area contributed by atoms with Crippen molar-refractivity contribution in [2.45, 2.75) is 13.8 Å². The summed E-state index contributed by atoms with van der Waals surface area (Å²) in [6.45, 7) is 5.95. The lowest BCUT2D eigenvalue weighted by Crippen LogP contribution is -2.42. The van der Waals surface area contributed by atoms with Crippen LogP contribution in [0.15, 0.2) is 0 Å². The van der Waals surface area contributed by atoms with Crippen molar-refractivity contribution >= 4 is 11.9 Å². The fourth-order valence-corrected chi connectivity index (χ4v) is 2.54. The van der Waals surface area contributed by atoms with Crippen molar-refractivity contribution in [1.82, 2.24) is 4.90 Å². The molecule has 1 heterocycles. The van der Waals surface area contributed by atoms with Gasteiger partial charge in [0.1, 0.15) is 0 Å². The summed E-state index contributed by atoms with van der Waals surface area (Å²) in [6, 6.07) is 0. The first-order chi connectivity index (χ1) is 7.46. The second-order valence-electron chi connectivity index (χ2n) is 5.05. The van der Waals surface area contributed by atoms with E-state index in [0.29, 0.717) is 26.3 Å². The van der Waals surface area contributed by atoms with Gasteiger partial charge in [0.05, 0.1) is 25.0 Å². The van der Waals surface area contributed by atoms with Crippen LogP contribution in [0.5, 0.6) is 0 Å². The summed E-state index contributed by atoms with van der Waals surface area (Å²) >= 11 is 0. The molecule has 0 aromatic heterocycles. The number of aliphatic carboxylic acids is 1. The molecular weight excluding hydrogens is 210 g/mol. The van der Waals surface area contributed by atoms with Gasteiger partial charge in [0.15, 0.2) is 0 Å². The zero-order chi connectivity index (χ0) is 11.9. The van der Waals surface area contributed by atoms with E-state index in [0.717, 1.165) is 0 Å². The van der Waals surface area contributed by atoms with Crippen molar-refractivity contribution in [3.05, 3.63) is 0 Å². The molecule has 0 bridgehead atoms. The molecule has 0 spiro atoms. The summed E-state index contributed by atoms with van der Waals surface area (Å²) in [5.41, 5.74) is -0.402. The molecule has 0 aromatic rings. The number of hydrogen-bond donors (Lipinski definition) is 1. The van der Waals surface area contributed by atoms with Gasteiger partial charge in [0.25, 0.3) is 0 Å². The third kappa shape index (κ3) is 1.69. The highest BCUT2D eigenvalue weighted by molar-refractivity contribution is 5.91. The first-order valence-electron chi connectivity index (χ1n) is 5.55. The Morgan fingerprint density at radius 3 is 2.25 bits per heavy atom. The van der Waals surface area contributed by atoms with Gasteiger partial charge in [-0.25, -0.2) is 0 Å². The lowest BCUT2D eigenvalue weighted by atomic mass is 10.1. The molecule has 5 nitrogen and oxygen atoms in total. The van der Waals surface area contributed by atoms with E-state index in [1.54, 1.807) is 4.90 Å². The second kappa shape index (κ2) is 3.73. The van der Waals surface area contributed by atoms with Gasteiger partial charge in [0.2, 0.25) is 5.91 Å². The highest BCUT2D eigenvalue weighted by Crippen LogP contribution is 2.59. The molecule has 1 aliphatic heterocycles. The Morgan fingerprint density at radius 2 is 1.81 bits per heavy atom. The van der Waals surface area contributed by atoms with Gasteiger partial charge in [-0.05, 0) is 5.41 Å². The largest absolute Gasteiger partial charge is 0.481 e. The standard InChI is InChI=1S/C11H17NO4/c1-11(2)7(8(11)10(14)15)9(13)12-3-5-16-6-4-12/h7-8H,3-6H2,1-2H3,(H,14,15)/t7-,8+/m0/s1. The SMILES string of the molecule is CC1(C)[C@H](C(=O)N2CCOCC2)[C@@H]1C(=O)O. The smallest absolute Gasteiger partial charge is 0.307 e. The van der Waals surface area contributed by atoms with E-state index in [1.165, 1.54) is 0 Å². The van der Waals surface area contributed by atoms with Crippen LogP contribution in [0.1, 0.15) is 13.8 Å². The number of amides is 1. The molecule has 2 fully saturated rings. The van der Waals surface area contributed by atoms with E-state index in [2.05, 4.69) is 0 Å². The molecular formula is C11H17NO4. The van der Waals surface area contributed by atoms with Crippen LogP contribution < -0.4 is 0 Å². The summed E-state index contributed by atoms with van der Waals surface area (Å²) in [7, 11) is 0. The summed E-state index contributed by atoms with van der Waals surface area (Å²) in [5, 5.41) is 9.01. The fourth-order valence-electron chi connectivity index (χ4n) is 2.54. The average Bonchev–Trinajstić information content (AvgIpc) is 2.82. The number of carboxylic acid groups (broad SMARTS) is 1. The number of carboxylic acids is 1. The van der Waals surface area contributed by atoms with Gasteiger partial charge < -0.3 is 14.7 Å². The Morgan fingerprint density at radius 1 is 1.25 bits per heavy atom. The second-order valence-corrected chi connectivity index (χ2v) is 5.05. The maximum Gasteiger partial charge on any atom is 0.307 e. The minimum atomic E-state index is -0.864. The number of morpholine rings is 1. The van der Waals surface area contributed by atoms with E-state index in [9.17, 15) is 9.59 Å². The van der Waals surface area contributed by atoms with Gasteiger partial charge in [0, 0.05) is 13.1 Å². The third-order valence-electron chi connectivity index (χ3n) is 3.68. The zero-order valence-corrected chi connectivity index (χ0v) is 9.60. The molecule has 0 unspecified atom stereocenters. The van der Waals surface area contributed by atoms with Gasteiger partial charge in [-0.2, -0.15) is 0 Å². The predicted molar refractivity (Wildman–Crippen MR) is 55.8 cm³/mol. The molecule has 1 N–H and O–H groups in total. The summed E-state index contributed by atoms with van der Waals surface area (Å²) in [6.07, 6.45) is 0. The number of hydrogen-bond acceptors (Lipinski definition) is 3. The lowest BCUT2D eigenvalue weighted by molar-refractivity contribution is -0.143. The number of carbonyl (C=O) groups excluding carboxylic acids is 1. The van der Waals surface area contributed by atoms with Crippen LogP contribution in [0.4, 0.5) is 0 Å². The van der Waals surface area contributed by atoms with Gasteiger partial charge in [-0.1, -0.05) is 13.8 Å². The Kier molecular flexibility index (Phi) is 2.66. The number of rotatable bonds is 2. The Hall–Kier alpha value is -1.10. The maximum atomic E-state index is 12.1. The Bertz CT molecular complexity index is 320. The number of nitrogens with zero attached hydrogens (tertiary/aromatic N) is 1. The molecule has 0 aromatic carbocycles. The van der Waals surface area contributed by atoms with E-state index in [-0.39, 0.29) is 11.8 Å². The highest BCUT2D eigenvalue weighted by Gasteiger charge is 2.66. The first kappa shape index (κ1) is 11.4. The lowest BCUT2D eigenvalue weighted by Gasteiger charge is -2.27. The van der Waals surface area contributed by atoms with Gasteiger partial charge >= 0.3 is 5.97 Å². The van der Waals surface area contributed by atoms with Crippen molar-refractivity contribution in [3.63, 3.8) is 0 Å². The Labute approximate surface area is 94.4 Å². The van der Waals surface area contributed by atoms with Crippen LogP contribution in [-0.2, 0) is 14.3 Å². The molecule has 1 saturated heterocycles. The van der Waals surface area contributed by atoms with Crippen LogP contribution in [0.3, 0.4) is 0 Å². The topological polar surface area (TPSA) is 66.8 Å². The number of ether oxygens (including phenoxy) is 1. The first-order valence-corrected chi connectivity index (χ1v) is 5.55. The minimum Gasteiger partial charge on any atom is -0.481 e. The Balaban J connectivity index is 2.03. The van der Waals surface area contributed by atoms with Crippen LogP contribution in [0.25, 0.3) is 0 Å².